The quantitative estimate of drug-likeness (QED) is 0.360. The summed E-state index contributed by atoms with van der Waals surface area (Å²) < 4.78 is 0. The molecule has 10 heteroatoms. The first-order valence-corrected chi connectivity index (χ1v) is 7.50. The minimum absolute atomic E-state index is 0.332. The second-order valence-corrected chi connectivity index (χ2v) is 4.80. The first-order chi connectivity index (χ1) is 11.0. The van der Waals surface area contributed by atoms with Crippen molar-refractivity contribution in [1.82, 2.24) is 16.0 Å². The van der Waals surface area contributed by atoms with Gasteiger partial charge < -0.3 is 27.4 Å². The molecule has 0 rings (SSSR count). The zero-order chi connectivity index (χ0) is 19.4. The number of nitrogens with two attached hydrogens (primary N) is 2. The highest BCUT2D eigenvalue weighted by Gasteiger charge is 2.24. The Bertz CT molecular complexity index is 480. The smallest absolute Gasteiger partial charge is 0.312 e. The van der Waals surface area contributed by atoms with Crippen molar-refractivity contribution in [1.29, 1.82) is 0 Å². The van der Waals surface area contributed by atoms with E-state index in [4.69, 9.17) is 11.5 Å². The minimum Gasteiger partial charge on any atom is -0.370 e. The van der Waals surface area contributed by atoms with Crippen LogP contribution >= 0.6 is 0 Å². The van der Waals surface area contributed by atoms with Gasteiger partial charge in [0.15, 0.2) is 5.78 Å². The molecule has 0 aliphatic heterocycles. The van der Waals surface area contributed by atoms with E-state index >= 15 is 0 Å². The maximum Gasteiger partial charge on any atom is 0.312 e. The molecule has 0 aromatic heterocycles. The van der Waals surface area contributed by atoms with Gasteiger partial charge in [0.2, 0.25) is 17.7 Å². The summed E-state index contributed by atoms with van der Waals surface area (Å²) in [6.45, 7) is 7.97. The molecule has 0 aromatic carbocycles. The average molecular weight is 345 g/mol. The van der Waals surface area contributed by atoms with Crippen molar-refractivity contribution < 1.29 is 24.0 Å². The number of nitrogens with one attached hydrogen (secondary N) is 3. The Balaban J connectivity index is 0. The van der Waals surface area contributed by atoms with E-state index in [1.165, 1.54) is 20.8 Å². The zero-order valence-corrected chi connectivity index (χ0v) is 14.6. The van der Waals surface area contributed by atoms with Gasteiger partial charge in [-0.3, -0.25) is 19.2 Å². The Morgan fingerprint density at radius 1 is 0.833 bits per heavy atom. The molecule has 0 bridgehead atoms. The predicted octanol–water partition coefficient (Wildman–Crippen LogP) is -1.48. The lowest BCUT2D eigenvalue weighted by atomic mass is 10.1. The summed E-state index contributed by atoms with van der Waals surface area (Å²) in [5, 5.41) is 6.80. The van der Waals surface area contributed by atoms with E-state index in [2.05, 4.69) is 16.0 Å². The zero-order valence-electron chi connectivity index (χ0n) is 14.6. The molecular weight excluding hydrogens is 318 g/mol. The van der Waals surface area contributed by atoms with E-state index in [-0.39, 0.29) is 6.42 Å². The molecule has 10 nitrogen and oxygen atoms in total. The summed E-state index contributed by atoms with van der Waals surface area (Å²) in [5.41, 5.74) is 9.86. The summed E-state index contributed by atoms with van der Waals surface area (Å²) in [5.74, 6) is -2.47. The Morgan fingerprint density at radius 3 is 1.62 bits per heavy atom. The number of amides is 5. The first-order valence-electron chi connectivity index (χ1n) is 7.50. The lowest BCUT2D eigenvalue weighted by Crippen LogP contribution is -2.54. The number of ketones is 1. The van der Waals surface area contributed by atoms with Gasteiger partial charge in [-0.2, -0.15) is 0 Å². The van der Waals surface area contributed by atoms with Crippen LogP contribution in [0.1, 0.15) is 41.0 Å². The molecule has 0 fully saturated rings. The first kappa shape index (κ1) is 23.6. The molecule has 138 valence electrons. The average Bonchev–Trinajstić information content (AvgIpc) is 2.46. The molecule has 0 saturated carbocycles. The molecular formula is C14H27N5O5. The molecule has 0 aliphatic rings. The Kier molecular flexibility index (Phi) is 11.7. The Labute approximate surface area is 141 Å². The van der Waals surface area contributed by atoms with Crippen molar-refractivity contribution in [3.05, 3.63) is 0 Å². The monoisotopic (exact) mass is 345 g/mol. The standard InChI is InChI=1S/C12H21N5O5.C2H6/c1-5(15-10(20)6(2)16-12(14)22)11(21)17-8(7(3)18)4-9(13)19;1-2/h5-6,8H,4H2,1-3H3,(H2,13,19)(H,15,20)(H,17,21)(H3,14,16,22);1-2H3. The highest BCUT2D eigenvalue weighted by molar-refractivity contribution is 5.95. The molecule has 5 amide bonds. The van der Waals surface area contributed by atoms with Crippen molar-refractivity contribution in [2.75, 3.05) is 0 Å². The van der Waals surface area contributed by atoms with Crippen molar-refractivity contribution in [2.24, 2.45) is 11.5 Å². The third-order valence-electron chi connectivity index (χ3n) is 2.72. The fourth-order valence-electron chi connectivity index (χ4n) is 1.48. The highest BCUT2D eigenvalue weighted by atomic mass is 16.2. The number of hydrogen-bond acceptors (Lipinski definition) is 5. The number of hydrogen-bond donors (Lipinski definition) is 5. The fourth-order valence-corrected chi connectivity index (χ4v) is 1.48. The number of Topliss-reactive ketones (excluding diaryl/α,β-unsaturated/α-hetero) is 1. The normalized spacial score (nSPS) is 13.2. The van der Waals surface area contributed by atoms with Gasteiger partial charge in [-0.15, -0.1) is 0 Å². The molecule has 0 aliphatic carbocycles. The van der Waals surface area contributed by atoms with Gasteiger partial charge in [-0.05, 0) is 20.8 Å². The van der Waals surface area contributed by atoms with Gasteiger partial charge in [0.1, 0.15) is 12.1 Å². The van der Waals surface area contributed by atoms with E-state index in [1.807, 2.05) is 13.8 Å². The maximum atomic E-state index is 11.9. The third kappa shape index (κ3) is 10.1. The van der Waals surface area contributed by atoms with Crippen molar-refractivity contribution in [2.45, 2.75) is 59.2 Å². The second-order valence-electron chi connectivity index (χ2n) is 4.80. The Morgan fingerprint density at radius 2 is 1.25 bits per heavy atom. The van der Waals surface area contributed by atoms with Crippen LogP contribution in [0.25, 0.3) is 0 Å². The minimum atomic E-state index is -1.05. The number of urea groups is 1. The third-order valence-corrected chi connectivity index (χ3v) is 2.72. The number of primary amides is 2. The molecule has 7 N–H and O–H groups in total. The molecule has 24 heavy (non-hydrogen) atoms. The second kappa shape index (κ2) is 11.9. The van der Waals surface area contributed by atoms with E-state index in [1.54, 1.807) is 0 Å². The molecule has 0 saturated heterocycles. The van der Waals surface area contributed by atoms with E-state index < -0.39 is 47.7 Å². The van der Waals surface area contributed by atoms with Crippen molar-refractivity contribution >= 4 is 29.5 Å². The topological polar surface area (TPSA) is 173 Å². The van der Waals surface area contributed by atoms with Gasteiger partial charge in [0.05, 0.1) is 12.5 Å². The number of rotatable bonds is 8. The van der Waals surface area contributed by atoms with Crippen LogP contribution in [0, 0.1) is 0 Å². The largest absolute Gasteiger partial charge is 0.370 e. The fraction of sp³-hybridized carbons (Fsp3) is 0.643. The molecule has 0 spiro atoms. The van der Waals surface area contributed by atoms with Crippen LogP contribution in [0.15, 0.2) is 0 Å². The van der Waals surface area contributed by atoms with Gasteiger partial charge in [-0.25, -0.2) is 4.79 Å². The molecule has 3 unspecified atom stereocenters. The van der Waals surface area contributed by atoms with Crippen molar-refractivity contribution in [3.63, 3.8) is 0 Å². The van der Waals surface area contributed by atoms with Crippen LogP contribution in [-0.4, -0.2) is 47.7 Å². The summed E-state index contributed by atoms with van der Waals surface area (Å²) in [6, 6.07) is -3.84. The van der Waals surface area contributed by atoms with Crippen LogP contribution < -0.4 is 27.4 Å². The van der Waals surface area contributed by atoms with Crippen LogP contribution in [-0.2, 0) is 19.2 Å². The van der Waals surface area contributed by atoms with Gasteiger partial charge in [0, 0.05) is 0 Å². The molecule has 0 aromatic rings. The molecule has 3 atom stereocenters. The summed E-state index contributed by atoms with van der Waals surface area (Å²) >= 11 is 0. The predicted molar refractivity (Wildman–Crippen MR) is 87.6 cm³/mol. The highest BCUT2D eigenvalue weighted by Crippen LogP contribution is 1.95. The van der Waals surface area contributed by atoms with Gasteiger partial charge in [0.25, 0.3) is 0 Å². The van der Waals surface area contributed by atoms with Crippen LogP contribution in [0.2, 0.25) is 0 Å². The van der Waals surface area contributed by atoms with Crippen LogP contribution in [0.4, 0.5) is 4.79 Å². The van der Waals surface area contributed by atoms with E-state index in [0.717, 1.165) is 0 Å². The van der Waals surface area contributed by atoms with Crippen LogP contribution in [0.3, 0.4) is 0 Å². The van der Waals surface area contributed by atoms with E-state index in [9.17, 15) is 24.0 Å². The van der Waals surface area contributed by atoms with Crippen LogP contribution in [0.5, 0.6) is 0 Å². The Hall–Kier alpha value is -2.65. The van der Waals surface area contributed by atoms with Gasteiger partial charge >= 0.3 is 6.03 Å². The SMILES string of the molecule is CC.CC(=O)C(CC(N)=O)NC(=O)C(C)NC(=O)C(C)NC(N)=O. The van der Waals surface area contributed by atoms with Crippen molar-refractivity contribution in [3.8, 4) is 0 Å². The summed E-state index contributed by atoms with van der Waals surface area (Å²) in [4.78, 5) is 56.3. The molecule has 0 heterocycles. The lowest BCUT2D eigenvalue weighted by Gasteiger charge is -2.20. The lowest BCUT2D eigenvalue weighted by molar-refractivity contribution is -0.132. The summed E-state index contributed by atoms with van der Waals surface area (Å²) in [6.07, 6.45) is -0.332. The number of carbonyl (C=O) groups excluding carboxylic acids is 5. The maximum absolute atomic E-state index is 11.9. The van der Waals surface area contributed by atoms with E-state index in [0.29, 0.717) is 0 Å². The number of carbonyl (C=O) groups is 5. The molecule has 0 radical (unpaired) electrons. The summed E-state index contributed by atoms with van der Waals surface area (Å²) in [7, 11) is 0. The van der Waals surface area contributed by atoms with Gasteiger partial charge in [-0.1, -0.05) is 13.8 Å².